The summed E-state index contributed by atoms with van der Waals surface area (Å²) < 4.78 is 24.5. The molecule has 1 aliphatic heterocycles. The van der Waals surface area contributed by atoms with Gasteiger partial charge in [-0.25, -0.2) is 4.39 Å². The predicted molar refractivity (Wildman–Crippen MR) is 57.7 cm³/mol. The Labute approximate surface area is 95.5 Å². The average Bonchev–Trinajstić information content (AvgIpc) is 2.70. The molecule has 0 spiro atoms. The molecule has 0 radical (unpaired) electrons. The van der Waals surface area contributed by atoms with E-state index in [-0.39, 0.29) is 18.5 Å². The van der Waals surface area contributed by atoms with Crippen LogP contribution in [0.5, 0.6) is 11.5 Å². The molecule has 1 unspecified atom stereocenters. The van der Waals surface area contributed by atoms with E-state index in [1.165, 1.54) is 0 Å². The first-order chi connectivity index (χ1) is 7.15. The van der Waals surface area contributed by atoms with E-state index in [9.17, 15) is 4.39 Å². The summed E-state index contributed by atoms with van der Waals surface area (Å²) in [6.45, 7) is 2.39. The van der Waals surface area contributed by atoms with E-state index in [2.05, 4.69) is 15.9 Å². The van der Waals surface area contributed by atoms with Crippen molar-refractivity contribution < 1.29 is 13.9 Å². The smallest absolute Gasteiger partial charge is 0.231 e. The minimum atomic E-state index is -0.322. The van der Waals surface area contributed by atoms with E-state index in [0.29, 0.717) is 28.1 Å². The summed E-state index contributed by atoms with van der Waals surface area (Å²) in [7, 11) is 0. The highest BCUT2D eigenvalue weighted by molar-refractivity contribution is 9.10. The zero-order chi connectivity index (χ0) is 11.0. The molecular formula is C10H11BrFNO2. The topological polar surface area (TPSA) is 44.5 Å². The lowest BCUT2D eigenvalue weighted by atomic mass is 10.0. The molecule has 1 aromatic rings. The molecule has 82 valence electrons. The van der Waals surface area contributed by atoms with Gasteiger partial charge in [-0.2, -0.15) is 0 Å². The number of hydrogen-bond donors (Lipinski definition) is 1. The van der Waals surface area contributed by atoms with Crippen molar-refractivity contribution in [2.75, 3.05) is 13.3 Å². The molecule has 3 nitrogen and oxygen atoms in total. The quantitative estimate of drug-likeness (QED) is 0.902. The number of halogens is 2. The minimum Gasteiger partial charge on any atom is -0.454 e. The molecule has 5 heteroatoms. The van der Waals surface area contributed by atoms with E-state index in [0.717, 1.165) is 0 Å². The first-order valence-electron chi connectivity index (χ1n) is 4.62. The Morgan fingerprint density at radius 1 is 1.60 bits per heavy atom. The Morgan fingerprint density at radius 2 is 2.33 bits per heavy atom. The molecule has 0 aliphatic carbocycles. The predicted octanol–water partition coefficient (Wildman–Crippen LogP) is 2.38. The average molecular weight is 276 g/mol. The fourth-order valence-corrected chi connectivity index (χ4v) is 2.02. The van der Waals surface area contributed by atoms with Gasteiger partial charge in [0.15, 0.2) is 11.5 Å². The lowest BCUT2D eigenvalue weighted by Gasteiger charge is -2.12. The van der Waals surface area contributed by atoms with Crippen LogP contribution in [0.1, 0.15) is 18.4 Å². The summed E-state index contributed by atoms with van der Waals surface area (Å²) in [4.78, 5) is 0. The van der Waals surface area contributed by atoms with Gasteiger partial charge in [0, 0.05) is 0 Å². The van der Waals surface area contributed by atoms with Crippen LogP contribution in [0.15, 0.2) is 10.5 Å². The molecule has 0 aromatic heterocycles. The van der Waals surface area contributed by atoms with Crippen LogP contribution < -0.4 is 15.2 Å². The number of nitrogens with two attached hydrogens (primary N) is 1. The van der Waals surface area contributed by atoms with E-state index in [1.807, 2.05) is 6.92 Å². The van der Waals surface area contributed by atoms with E-state index in [1.54, 1.807) is 6.07 Å². The summed E-state index contributed by atoms with van der Waals surface area (Å²) in [5.41, 5.74) is 6.06. The van der Waals surface area contributed by atoms with Crippen molar-refractivity contribution >= 4 is 15.9 Å². The molecule has 0 amide bonds. The van der Waals surface area contributed by atoms with Crippen LogP contribution in [0.3, 0.4) is 0 Å². The number of fused-ring (bicyclic) bond motifs is 1. The number of ether oxygens (including phenoxy) is 2. The molecule has 0 saturated carbocycles. The summed E-state index contributed by atoms with van der Waals surface area (Å²) in [5.74, 6) is 0.632. The molecule has 0 bridgehead atoms. The van der Waals surface area contributed by atoms with Gasteiger partial charge in [0.1, 0.15) is 5.82 Å². The van der Waals surface area contributed by atoms with Gasteiger partial charge in [-0.3, -0.25) is 0 Å². The first-order valence-corrected chi connectivity index (χ1v) is 5.42. The molecule has 1 aliphatic rings. The fraction of sp³-hybridized carbons (Fsp3) is 0.400. The van der Waals surface area contributed by atoms with Gasteiger partial charge < -0.3 is 15.2 Å². The summed E-state index contributed by atoms with van der Waals surface area (Å²) in [6.07, 6.45) is 0. The normalized spacial score (nSPS) is 15.5. The van der Waals surface area contributed by atoms with Crippen molar-refractivity contribution in [2.24, 2.45) is 5.73 Å². The van der Waals surface area contributed by atoms with Crippen molar-refractivity contribution in [1.82, 2.24) is 0 Å². The SMILES string of the molecule is CC(CN)c1cc2c(c(Br)c1F)OCO2. The molecule has 2 N–H and O–H groups in total. The molecule has 2 rings (SSSR count). The van der Waals surface area contributed by atoms with Gasteiger partial charge in [-0.1, -0.05) is 6.92 Å². The molecule has 15 heavy (non-hydrogen) atoms. The van der Waals surface area contributed by atoms with Crippen molar-refractivity contribution in [1.29, 1.82) is 0 Å². The highest BCUT2D eigenvalue weighted by Crippen LogP contribution is 2.43. The van der Waals surface area contributed by atoms with Crippen LogP contribution in [-0.2, 0) is 0 Å². The van der Waals surface area contributed by atoms with Gasteiger partial charge in [0.05, 0.1) is 4.47 Å². The summed E-state index contributed by atoms with van der Waals surface area (Å²) in [6, 6.07) is 1.65. The molecule has 1 aromatic carbocycles. The fourth-order valence-electron chi connectivity index (χ4n) is 1.48. The van der Waals surface area contributed by atoms with Crippen molar-refractivity contribution in [3.63, 3.8) is 0 Å². The highest BCUT2D eigenvalue weighted by Gasteiger charge is 2.24. The maximum absolute atomic E-state index is 13.9. The van der Waals surface area contributed by atoms with Crippen LogP contribution in [0.2, 0.25) is 0 Å². The van der Waals surface area contributed by atoms with Gasteiger partial charge in [-0.05, 0) is 40.0 Å². The Bertz CT molecular complexity index is 397. The molecular weight excluding hydrogens is 265 g/mol. The van der Waals surface area contributed by atoms with Crippen LogP contribution >= 0.6 is 15.9 Å². The Kier molecular flexibility index (Phi) is 2.84. The van der Waals surface area contributed by atoms with Crippen molar-refractivity contribution in [3.8, 4) is 11.5 Å². The minimum absolute atomic E-state index is 0.0456. The molecule has 1 heterocycles. The zero-order valence-corrected chi connectivity index (χ0v) is 9.80. The third-order valence-electron chi connectivity index (χ3n) is 2.46. The molecule has 0 saturated heterocycles. The maximum atomic E-state index is 13.9. The lowest BCUT2D eigenvalue weighted by Crippen LogP contribution is -2.10. The highest BCUT2D eigenvalue weighted by atomic mass is 79.9. The number of hydrogen-bond acceptors (Lipinski definition) is 3. The summed E-state index contributed by atoms with van der Waals surface area (Å²) in [5, 5.41) is 0. The van der Waals surface area contributed by atoms with Crippen LogP contribution in [-0.4, -0.2) is 13.3 Å². The lowest BCUT2D eigenvalue weighted by molar-refractivity contribution is 0.173. The largest absolute Gasteiger partial charge is 0.454 e. The molecule has 1 atom stereocenters. The standard InChI is InChI=1S/C10H11BrFNO2/c1-5(3-13)6-2-7-10(15-4-14-7)8(11)9(6)12/h2,5H,3-4,13H2,1H3. The first kappa shape index (κ1) is 10.7. The second-order valence-electron chi connectivity index (χ2n) is 3.46. The van der Waals surface area contributed by atoms with Gasteiger partial charge >= 0.3 is 0 Å². The van der Waals surface area contributed by atoms with Crippen LogP contribution in [0.4, 0.5) is 4.39 Å². The van der Waals surface area contributed by atoms with Crippen LogP contribution in [0, 0.1) is 5.82 Å². The molecule has 0 fully saturated rings. The number of rotatable bonds is 2. The van der Waals surface area contributed by atoms with Gasteiger partial charge in [-0.15, -0.1) is 0 Å². The van der Waals surface area contributed by atoms with E-state index >= 15 is 0 Å². The van der Waals surface area contributed by atoms with Crippen molar-refractivity contribution in [3.05, 3.63) is 21.9 Å². The Hall–Kier alpha value is -0.810. The second-order valence-corrected chi connectivity index (χ2v) is 4.26. The third-order valence-corrected chi connectivity index (χ3v) is 3.17. The van der Waals surface area contributed by atoms with E-state index < -0.39 is 0 Å². The van der Waals surface area contributed by atoms with Gasteiger partial charge in [0.2, 0.25) is 6.79 Å². The van der Waals surface area contributed by atoms with Gasteiger partial charge in [0.25, 0.3) is 0 Å². The third kappa shape index (κ3) is 1.70. The maximum Gasteiger partial charge on any atom is 0.231 e. The van der Waals surface area contributed by atoms with E-state index in [4.69, 9.17) is 15.2 Å². The summed E-state index contributed by atoms with van der Waals surface area (Å²) >= 11 is 3.16. The Balaban J connectivity index is 2.54. The number of benzene rings is 1. The zero-order valence-electron chi connectivity index (χ0n) is 8.22. The Morgan fingerprint density at radius 3 is 3.00 bits per heavy atom. The second kappa shape index (κ2) is 3.98. The monoisotopic (exact) mass is 275 g/mol. The van der Waals surface area contributed by atoms with Crippen LogP contribution in [0.25, 0.3) is 0 Å². The van der Waals surface area contributed by atoms with Crippen molar-refractivity contribution in [2.45, 2.75) is 12.8 Å².